The summed E-state index contributed by atoms with van der Waals surface area (Å²) >= 11 is 5.94. The van der Waals surface area contributed by atoms with Gasteiger partial charge in [-0.15, -0.1) is 0 Å². The predicted molar refractivity (Wildman–Crippen MR) is 139 cm³/mol. The van der Waals surface area contributed by atoms with Crippen molar-refractivity contribution in [1.29, 1.82) is 0 Å². The van der Waals surface area contributed by atoms with E-state index in [0.29, 0.717) is 5.56 Å². The Labute approximate surface area is 225 Å². The van der Waals surface area contributed by atoms with Gasteiger partial charge in [-0.3, -0.25) is 9.83 Å². The number of hydrogen-bond acceptors (Lipinski definition) is 7. The van der Waals surface area contributed by atoms with Crippen LogP contribution in [0.25, 0.3) is 5.70 Å². The van der Waals surface area contributed by atoms with E-state index in [0.717, 1.165) is 18.2 Å². The first-order valence-electron chi connectivity index (χ1n) is 11.7. The molecule has 5 atom stereocenters. The monoisotopic (exact) mass is 568 g/mol. The molecule has 0 amide bonds. The molecule has 2 aliphatic heterocycles. The van der Waals surface area contributed by atoms with Crippen molar-refractivity contribution in [3.8, 4) is 0 Å². The maximum Gasteiger partial charge on any atom is 0.418 e. The normalized spacial score (nSPS) is 26.7. The number of hydroxylamine groups is 1. The van der Waals surface area contributed by atoms with Gasteiger partial charge in [-0.2, -0.15) is 18.7 Å². The van der Waals surface area contributed by atoms with Crippen molar-refractivity contribution in [2.45, 2.75) is 43.6 Å². The first kappa shape index (κ1) is 28.6. The molecule has 2 saturated heterocycles. The molecule has 0 aromatic heterocycles. The summed E-state index contributed by atoms with van der Waals surface area (Å²) in [6.45, 7) is 1.61. The van der Waals surface area contributed by atoms with E-state index in [2.05, 4.69) is 20.5 Å². The van der Waals surface area contributed by atoms with Crippen molar-refractivity contribution >= 4 is 40.9 Å². The first-order valence-corrected chi connectivity index (χ1v) is 12.0. The summed E-state index contributed by atoms with van der Waals surface area (Å²) in [5.74, 6) is -0.808. The number of halogens is 5. The van der Waals surface area contributed by atoms with E-state index in [9.17, 15) is 22.7 Å². The molecule has 2 aromatic carbocycles. The van der Waals surface area contributed by atoms with Crippen LogP contribution in [0.1, 0.15) is 18.1 Å². The lowest BCUT2D eigenvalue weighted by molar-refractivity contribution is -0.141. The van der Waals surface area contributed by atoms with Gasteiger partial charge < -0.3 is 21.3 Å². The average Bonchev–Trinajstić information content (AvgIpc) is 3.32. The van der Waals surface area contributed by atoms with Gasteiger partial charge in [0.1, 0.15) is 36.3 Å². The SMILES string of the molecule is CC(N)=NC(=Nc1cc(Cl)ccc1C(F)(F)F)C1OC2CNOC2C(N=CC=C(N)c2cccc(F)c2)C1O. The van der Waals surface area contributed by atoms with E-state index in [1.54, 1.807) is 6.07 Å². The van der Waals surface area contributed by atoms with Crippen LogP contribution >= 0.6 is 11.6 Å². The smallest absolute Gasteiger partial charge is 0.398 e. The average molecular weight is 569 g/mol. The number of aliphatic imine (C=N–C) groups is 3. The molecule has 2 fully saturated rings. The molecule has 208 valence electrons. The molecule has 0 spiro atoms. The van der Waals surface area contributed by atoms with Gasteiger partial charge in [-0.05, 0) is 43.3 Å². The lowest BCUT2D eigenvalue weighted by Crippen LogP contribution is -2.58. The highest BCUT2D eigenvalue weighted by atomic mass is 35.5. The van der Waals surface area contributed by atoms with Gasteiger partial charge in [-0.25, -0.2) is 14.4 Å². The second-order valence-electron chi connectivity index (χ2n) is 8.82. The lowest BCUT2D eigenvalue weighted by Gasteiger charge is -2.38. The Bertz CT molecular complexity index is 1330. The molecule has 39 heavy (non-hydrogen) atoms. The fourth-order valence-corrected chi connectivity index (χ4v) is 4.31. The number of nitrogens with two attached hydrogens (primary N) is 2. The van der Waals surface area contributed by atoms with Crippen LogP contribution in [0.2, 0.25) is 5.02 Å². The van der Waals surface area contributed by atoms with E-state index < -0.39 is 53.7 Å². The van der Waals surface area contributed by atoms with E-state index in [-0.39, 0.29) is 28.9 Å². The van der Waals surface area contributed by atoms with Gasteiger partial charge in [0.15, 0.2) is 5.84 Å². The highest BCUT2D eigenvalue weighted by Gasteiger charge is 2.50. The maximum absolute atomic E-state index is 13.7. The Morgan fingerprint density at radius 3 is 2.67 bits per heavy atom. The third kappa shape index (κ3) is 6.81. The molecule has 6 N–H and O–H groups in total. The lowest BCUT2D eigenvalue weighted by atomic mass is 9.92. The molecule has 5 unspecified atom stereocenters. The third-order valence-electron chi connectivity index (χ3n) is 5.90. The van der Waals surface area contributed by atoms with Crippen LogP contribution < -0.4 is 16.9 Å². The minimum absolute atomic E-state index is 0.0123. The van der Waals surface area contributed by atoms with Gasteiger partial charge in [0.2, 0.25) is 0 Å². The molecule has 4 rings (SSSR count). The van der Waals surface area contributed by atoms with Crippen LogP contribution in [0.15, 0.2) is 63.5 Å². The van der Waals surface area contributed by atoms with Crippen molar-refractivity contribution < 1.29 is 32.2 Å². The summed E-state index contributed by atoms with van der Waals surface area (Å²) in [5.41, 5.74) is 13.5. The molecule has 0 bridgehead atoms. The largest absolute Gasteiger partial charge is 0.418 e. The standard InChI is InChI=1S/C25H25ClF4N6O3/c1-12(31)35-24(36-18-10-14(26)5-6-16(18)25(28,29)30)23-21(37)20(22-19(38-23)11-34-39-22)33-8-7-17(32)13-3-2-4-15(27)9-13/h2-10,19-23,34,37H,11,32H2,1H3,(H2,31,35,36). The molecule has 2 aromatic rings. The molecule has 2 heterocycles. The number of benzene rings is 2. The van der Waals surface area contributed by atoms with Crippen LogP contribution in [0.4, 0.5) is 23.2 Å². The Morgan fingerprint density at radius 1 is 1.21 bits per heavy atom. The summed E-state index contributed by atoms with van der Waals surface area (Å²) in [4.78, 5) is 18.0. The fraction of sp³-hybridized carbons (Fsp3) is 0.320. The van der Waals surface area contributed by atoms with Gasteiger partial charge >= 0.3 is 6.18 Å². The van der Waals surface area contributed by atoms with Crippen molar-refractivity contribution in [1.82, 2.24) is 5.48 Å². The van der Waals surface area contributed by atoms with E-state index >= 15 is 0 Å². The van der Waals surface area contributed by atoms with E-state index in [1.165, 1.54) is 37.4 Å². The molecular formula is C25H25ClF4N6O3. The summed E-state index contributed by atoms with van der Waals surface area (Å²) < 4.78 is 60.5. The first-order chi connectivity index (χ1) is 18.4. The van der Waals surface area contributed by atoms with Crippen LogP contribution in [0, 0.1) is 5.82 Å². The number of nitrogens with zero attached hydrogens (tertiary/aromatic N) is 3. The highest BCUT2D eigenvalue weighted by molar-refractivity contribution is 6.30. The minimum atomic E-state index is -4.74. The summed E-state index contributed by atoms with van der Waals surface area (Å²) in [5, 5.41) is 11.3. The van der Waals surface area contributed by atoms with Gasteiger partial charge in [0, 0.05) is 22.5 Å². The minimum Gasteiger partial charge on any atom is -0.398 e. The molecule has 2 aliphatic rings. The quantitative estimate of drug-likeness (QED) is 0.248. The molecule has 0 aliphatic carbocycles. The van der Waals surface area contributed by atoms with Gasteiger partial charge in [0.05, 0.1) is 23.6 Å². The predicted octanol–water partition coefficient (Wildman–Crippen LogP) is 3.38. The van der Waals surface area contributed by atoms with Crippen molar-refractivity contribution in [2.75, 3.05) is 6.54 Å². The topological polar surface area (TPSA) is 140 Å². The number of fused-ring (bicyclic) bond motifs is 1. The van der Waals surface area contributed by atoms with Crippen LogP contribution in [-0.4, -0.2) is 60.0 Å². The van der Waals surface area contributed by atoms with E-state index in [4.69, 9.17) is 32.6 Å². The van der Waals surface area contributed by atoms with Crippen LogP contribution in [0.5, 0.6) is 0 Å². The fourth-order valence-electron chi connectivity index (χ4n) is 4.14. The maximum atomic E-state index is 13.7. The number of aliphatic hydroxyl groups excluding tert-OH is 1. The number of ether oxygens (including phenoxy) is 1. The second kappa shape index (κ2) is 11.8. The second-order valence-corrected chi connectivity index (χ2v) is 9.26. The van der Waals surface area contributed by atoms with Crippen LogP contribution in [-0.2, 0) is 15.8 Å². The summed E-state index contributed by atoms with van der Waals surface area (Å²) in [7, 11) is 0. The Morgan fingerprint density at radius 2 is 1.97 bits per heavy atom. The number of hydrogen-bond donors (Lipinski definition) is 4. The molecular weight excluding hydrogens is 544 g/mol. The Balaban J connectivity index is 1.70. The number of amidine groups is 2. The highest BCUT2D eigenvalue weighted by Crippen LogP contribution is 2.38. The zero-order chi connectivity index (χ0) is 28.3. The summed E-state index contributed by atoms with van der Waals surface area (Å²) in [6.07, 6.45) is -6.22. The zero-order valence-corrected chi connectivity index (χ0v) is 21.2. The third-order valence-corrected chi connectivity index (χ3v) is 6.14. The van der Waals surface area contributed by atoms with E-state index in [1.807, 2.05) is 0 Å². The molecule has 0 saturated carbocycles. The molecule has 9 nitrogen and oxygen atoms in total. The zero-order valence-electron chi connectivity index (χ0n) is 20.4. The Hall–Kier alpha value is -3.36. The van der Waals surface area contributed by atoms with Crippen molar-refractivity contribution in [2.24, 2.45) is 26.4 Å². The number of aliphatic hydroxyl groups is 1. The number of alkyl halides is 3. The summed E-state index contributed by atoms with van der Waals surface area (Å²) in [6, 6.07) is 7.58. The van der Waals surface area contributed by atoms with Crippen LogP contribution in [0.3, 0.4) is 0 Å². The number of nitrogens with one attached hydrogen (secondary N) is 1. The Kier molecular flexibility index (Phi) is 8.67. The molecule has 0 radical (unpaired) electrons. The number of rotatable bonds is 5. The van der Waals surface area contributed by atoms with Crippen molar-refractivity contribution in [3.05, 3.63) is 70.5 Å². The van der Waals surface area contributed by atoms with Gasteiger partial charge in [-0.1, -0.05) is 23.7 Å². The number of allylic oxidation sites excluding steroid dienone is 1. The van der Waals surface area contributed by atoms with Crippen molar-refractivity contribution in [3.63, 3.8) is 0 Å². The van der Waals surface area contributed by atoms with Gasteiger partial charge in [0.25, 0.3) is 0 Å². The molecule has 14 heteroatoms.